The molecule has 0 aliphatic carbocycles. The highest BCUT2D eigenvalue weighted by molar-refractivity contribution is 7.17. The average Bonchev–Trinajstić information content (AvgIpc) is 3.42. The first-order valence-electron chi connectivity index (χ1n) is 10.9. The zero-order chi connectivity index (χ0) is 23.6. The van der Waals surface area contributed by atoms with Gasteiger partial charge in [0.2, 0.25) is 5.95 Å². The van der Waals surface area contributed by atoms with Crippen LogP contribution in [0.5, 0.6) is 0 Å². The van der Waals surface area contributed by atoms with Crippen LogP contribution in [-0.4, -0.2) is 56.6 Å². The molecule has 2 N–H and O–H groups in total. The van der Waals surface area contributed by atoms with Gasteiger partial charge in [-0.05, 0) is 57.7 Å². The molecule has 4 heterocycles. The van der Waals surface area contributed by atoms with Crippen LogP contribution in [0.25, 0.3) is 10.2 Å². The first-order chi connectivity index (χ1) is 15.7. The molecule has 1 saturated heterocycles. The Morgan fingerprint density at radius 1 is 1.24 bits per heavy atom. The molecular formula is C23H28N6O3S. The summed E-state index contributed by atoms with van der Waals surface area (Å²) >= 11 is 1.43. The van der Waals surface area contributed by atoms with E-state index in [9.17, 15) is 9.59 Å². The Kier molecular flexibility index (Phi) is 6.46. The summed E-state index contributed by atoms with van der Waals surface area (Å²) in [7, 11) is 0. The van der Waals surface area contributed by atoms with E-state index in [0.29, 0.717) is 36.7 Å². The fraction of sp³-hybridized carbons (Fsp3) is 0.435. The van der Waals surface area contributed by atoms with Crippen molar-refractivity contribution in [2.45, 2.75) is 51.8 Å². The van der Waals surface area contributed by atoms with Gasteiger partial charge < -0.3 is 20.3 Å². The van der Waals surface area contributed by atoms with Gasteiger partial charge in [-0.25, -0.2) is 14.8 Å². The monoisotopic (exact) mass is 468 g/mol. The highest BCUT2D eigenvalue weighted by atomic mass is 32.1. The van der Waals surface area contributed by atoms with Crippen molar-refractivity contribution in [1.29, 1.82) is 0 Å². The molecule has 1 aliphatic rings. The number of aromatic nitrogens is 3. The molecule has 0 radical (unpaired) electrons. The molecule has 0 spiro atoms. The molecule has 1 unspecified atom stereocenters. The van der Waals surface area contributed by atoms with Crippen molar-refractivity contribution in [1.82, 2.24) is 25.2 Å². The van der Waals surface area contributed by atoms with Crippen LogP contribution < -0.4 is 10.6 Å². The minimum atomic E-state index is -0.556. The molecule has 2 atom stereocenters. The Bertz CT molecular complexity index is 1140. The second-order valence-electron chi connectivity index (χ2n) is 9.04. The SMILES string of the molecule is CC(Nc1nc(C(=O)N[C@@H]2CCN(C(=O)OC(C)(C)C)C2)c2sccc2n1)c1ccccn1. The summed E-state index contributed by atoms with van der Waals surface area (Å²) in [6.07, 6.45) is 2.03. The van der Waals surface area contributed by atoms with Gasteiger partial charge in [-0.1, -0.05) is 6.07 Å². The summed E-state index contributed by atoms with van der Waals surface area (Å²) in [5.74, 6) is 0.0837. The van der Waals surface area contributed by atoms with E-state index >= 15 is 0 Å². The predicted molar refractivity (Wildman–Crippen MR) is 127 cm³/mol. The topological polar surface area (TPSA) is 109 Å². The fourth-order valence-electron chi connectivity index (χ4n) is 3.61. The van der Waals surface area contributed by atoms with E-state index in [1.807, 2.05) is 57.3 Å². The molecule has 9 nitrogen and oxygen atoms in total. The molecule has 0 aromatic carbocycles. The molecular weight excluding hydrogens is 440 g/mol. The van der Waals surface area contributed by atoms with Crippen molar-refractivity contribution >= 4 is 39.5 Å². The number of rotatable bonds is 5. The summed E-state index contributed by atoms with van der Waals surface area (Å²) in [5.41, 5.74) is 1.32. The number of pyridine rings is 1. The molecule has 3 aromatic rings. The van der Waals surface area contributed by atoms with E-state index in [1.165, 1.54) is 11.3 Å². The van der Waals surface area contributed by atoms with Gasteiger partial charge in [0.1, 0.15) is 5.60 Å². The third-order valence-corrected chi connectivity index (χ3v) is 6.08. The van der Waals surface area contributed by atoms with E-state index in [2.05, 4.69) is 25.6 Å². The molecule has 33 heavy (non-hydrogen) atoms. The van der Waals surface area contributed by atoms with E-state index in [4.69, 9.17) is 4.74 Å². The maximum Gasteiger partial charge on any atom is 0.410 e. The van der Waals surface area contributed by atoms with Gasteiger partial charge in [0.25, 0.3) is 5.91 Å². The lowest BCUT2D eigenvalue weighted by molar-refractivity contribution is 0.0290. The molecule has 1 fully saturated rings. The van der Waals surface area contributed by atoms with Crippen LogP contribution >= 0.6 is 11.3 Å². The molecule has 4 rings (SSSR count). The Balaban J connectivity index is 1.47. The third-order valence-electron chi connectivity index (χ3n) is 5.17. The van der Waals surface area contributed by atoms with Crippen LogP contribution in [0.3, 0.4) is 0 Å². The highest BCUT2D eigenvalue weighted by Gasteiger charge is 2.31. The van der Waals surface area contributed by atoms with Crippen molar-refractivity contribution in [3.8, 4) is 0 Å². The van der Waals surface area contributed by atoms with Crippen LogP contribution in [0, 0.1) is 0 Å². The molecule has 0 bridgehead atoms. The van der Waals surface area contributed by atoms with Crippen LogP contribution in [0.15, 0.2) is 35.8 Å². The fourth-order valence-corrected chi connectivity index (χ4v) is 4.42. The van der Waals surface area contributed by atoms with Crippen LogP contribution in [0.1, 0.15) is 56.3 Å². The van der Waals surface area contributed by atoms with Crippen molar-refractivity contribution in [2.75, 3.05) is 18.4 Å². The smallest absolute Gasteiger partial charge is 0.410 e. The standard InChI is InChI=1S/C23H28N6O3S/c1-14(16-7-5-6-10-24-16)25-21-27-17-9-12-33-19(17)18(28-21)20(30)26-15-8-11-29(13-15)22(31)32-23(2,3)4/h5-7,9-10,12,14-15H,8,11,13H2,1-4H3,(H,26,30)(H,25,27,28)/t14?,15-/m1/s1. The van der Waals surface area contributed by atoms with E-state index in [1.54, 1.807) is 11.1 Å². The number of hydrogen-bond acceptors (Lipinski definition) is 8. The minimum absolute atomic E-state index is 0.129. The molecule has 174 valence electrons. The Morgan fingerprint density at radius 2 is 2.06 bits per heavy atom. The Hall–Kier alpha value is -3.27. The lowest BCUT2D eigenvalue weighted by Crippen LogP contribution is -2.40. The lowest BCUT2D eigenvalue weighted by Gasteiger charge is -2.24. The largest absolute Gasteiger partial charge is 0.444 e. The number of likely N-dealkylation sites (tertiary alicyclic amines) is 1. The average molecular weight is 469 g/mol. The van der Waals surface area contributed by atoms with E-state index in [-0.39, 0.29) is 24.1 Å². The second kappa shape index (κ2) is 9.30. The molecule has 3 aromatic heterocycles. The zero-order valence-corrected chi connectivity index (χ0v) is 20.0. The van der Waals surface area contributed by atoms with Crippen LogP contribution in [0.2, 0.25) is 0 Å². The maximum atomic E-state index is 13.2. The summed E-state index contributed by atoms with van der Waals surface area (Å²) in [6.45, 7) is 8.41. The Morgan fingerprint density at radius 3 is 2.79 bits per heavy atom. The number of amides is 2. The summed E-state index contributed by atoms with van der Waals surface area (Å²) in [6, 6.07) is 7.28. The van der Waals surface area contributed by atoms with Gasteiger partial charge >= 0.3 is 6.09 Å². The lowest BCUT2D eigenvalue weighted by atomic mass is 10.2. The number of thiophene rings is 1. The zero-order valence-electron chi connectivity index (χ0n) is 19.2. The van der Waals surface area contributed by atoms with Crippen molar-refractivity contribution in [3.63, 3.8) is 0 Å². The molecule has 0 saturated carbocycles. The first kappa shape index (κ1) is 22.9. The second-order valence-corrected chi connectivity index (χ2v) is 9.95. The Labute approximate surface area is 196 Å². The van der Waals surface area contributed by atoms with Gasteiger partial charge in [-0.3, -0.25) is 9.78 Å². The first-order valence-corrected chi connectivity index (χ1v) is 11.8. The van der Waals surface area contributed by atoms with Crippen molar-refractivity contribution < 1.29 is 14.3 Å². The number of carbonyl (C=O) groups excluding carboxylic acids is 2. The predicted octanol–water partition coefficient (Wildman–Crippen LogP) is 4.00. The van der Waals surface area contributed by atoms with Crippen LogP contribution in [-0.2, 0) is 4.74 Å². The number of hydrogen-bond donors (Lipinski definition) is 2. The van der Waals surface area contributed by atoms with Crippen LogP contribution in [0.4, 0.5) is 10.7 Å². The van der Waals surface area contributed by atoms with E-state index in [0.717, 1.165) is 10.4 Å². The van der Waals surface area contributed by atoms with Crippen molar-refractivity contribution in [3.05, 3.63) is 47.2 Å². The number of nitrogens with zero attached hydrogens (tertiary/aromatic N) is 4. The summed E-state index contributed by atoms with van der Waals surface area (Å²) in [5, 5.41) is 8.16. The number of carbonyl (C=O) groups is 2. The van der Waals surface area contributed by atoms with Gasteiger partial charge in [0.05, 0.1) is 22.0 Å². The quantitative estimate of drug-likeness (QED) is 0.582. The summed E-state index contributed by atoms with van der Waals surface area (Å²) < 4.78 is 6.17. The van der Waals surface area contributed by atoms with Crippen molar-refractivity contribution in [2.24, 2.45) is 0 Å². The molecule has 10 heteroatoms. The molecule has 2 amide bonds. The normalized spacial score (nSPS) is 17.1. The van der Waals surface area contributed by atoms with Gasteiger partial charge in [-0.2, -0.15) is 0 Å². The third kappa shape index (κ3) is 5.57. The number of anilines is 1. The number of ether oxygens (including phenoxy) is 1. The molecule has 1 aliphatic heterocycles. The van der Waals surface area contributed by atoms with Gasteiger partial charge in [0, 0.05) is 25.3 Å². The van der Waals surface area contributed by atoms with Gasteiger partial charge in [0.15, 0.2) is 5.69 Å². The van der Waals surface area contributed by atoms with Gasteiger partial charge in [-0.15, -0.1) is 11.3 Å². The minimum Gasteiger partial charge on any atom is -0.444 e. The highest BCUT2D eigenvalue weighted by Crippen LogP contribution is 2.25. The van der Waals surface area contributed by atoms with E-state index < -0.39 is 5.60 Å². The summed E-state index contributed by atoms with van der Waals surface area (Å²) in [4.78, 5) is 40.5. The number of nitrogens with one attached hydrogen (secondary N) is 2. The number of fused-ring (bicyclic) bond motifs is 1. The maximum absolute atomic E-state index is 13.2.